The summed E-state index contributed by atoms with van der Waals surface area (Å²) in [6, 6.07) is 10.4. The number of hydrogen-bond donors (Lipinski definition) is 4. The maximum Gasteiger partial charge on any atom is 0.337 e. The number of para-hydroxylation sites is 1. The van der Waals surface area contributed by atoms with E-state index in [1.54, 1.807) is 12.1 Å². The first-order chi connectivity index (χ1) is 20.2. The Morgan fingerprint density at radius 3 is 2.50 bits per heavy atom. The molecule has 1 aromatic carbocycles. The molecule has 0 spiro atoms. The second-order valence-corrected chi connectivity index (χ2v) is 10.7. The number of nitrogens with zero attached hydrogens (tertiary/aromatic N) is 6. The summed E-state index contributed by atoms with van der Waals surface area (Å²) in [5.41, 5.74) is 1.71. The predicted molar refractivity (Wildman–Crippen MR) is 163 cm³/mol. The van der Waals surface area contributed by atoms with Crippen molar-refractivity contribution in [3.05, 3.63) is 81.8 Å². The molecule has 1 amide bonds. The van der Waals surface area contributed by atoms with E-state index >= 15 is 0 Å². The molecule has 1 saturated heterocycles. The van der Waals surface area contributed by atoms with Crippen LogP contribution in [0.5, 0.6) is 0 Å². The van der Waals surface area contributed by atoms with Crippen LogP contribution in [0, 0.1) is 13.8 Å². The van der Waals surface area contributed by atoms with Gasteiger partial charge in [0.2, 0.25) is 0 Å². The zero-order chi connectivity index (χ0) is 30.1. The summed E-state index contributed by atoms with van der Waals surface area (Å²) >= 11 is 7.46. The molecule has 4 aromatic rings. The molecular weight excluding hydrogens is 580 g/mol. The number of nitrogens with one attached hydrogen (secondary N) is 2. The van der Waals surface area contributed by atoms with Crippen molar-refractivity contribution >= 4 is 57.3 Å². The Kier molecular flexibility index (Phi) is 10.7. The zero-order valence-electron chi connectivity index (χ0n) is 23.1. The second-order valence-electron chi connectivity index (χ2n) is 9.30. The molecule has 0 unspecified atom stereocenters. The van der Waals surface area contributed by atoms with E-state index in [4.69, 9.17) is 21.8 Å². The number of anilines is 4. The number of piperazine rings is 1. The van der Waals surface area contributed by atoms with E-state index in [0.717, 1.165) is 37.6 Å². The van der Waals surface area contributed by atoms with Crippen molar-refractivity contribution < 1.29 is 19.8 Å². The Hall–Kier alpha value is -4.17. The molecule has 3 aromatic heterocycles. The molecule has 0 bridgehead atoms. The number of thiazole rings is 1. The number of carboxylic acids is 1. The van der Waals surface area contributed by atoms with Gasteiger partial charge in [-0.3, -0.25) is 14.7 Å². The van der Waals surface area contributed by atoms with Gasteiger partial charge >= 0.3 is 5.97 Å². The Morgan fingerprint density at radius 1 is 1.07 bits per heavy atom. The van der Waals surface area contributed by atoms with Crippen LogP contribution >= 0.6 is 22.9 Å². The number of aromatic nitrogens is 4. The van der Waals surface area contributed by atoms with E-state index in [0.29, 0.717) is 38.9 Å². The van der Waals surface area contributed by atoms with Crippen molar-refractivity contribution in [2.45, 2.75) is 13.8 Å². The lowest BCUT2D eigenvalue weighted by molar-refractivity contribution is 0.0696. The molecule has 1 aliphatic rings. The van der Waals surface area contributed by atoms with Gasteiger partial charge in [0.05, 0.1) is 29.1 Å². The van der Waals surface area contributed by atoms with Crippen LogP contribution in [0.2, 0.25) is 5.02 Å². The average Bonchev–Trinajstić information content (AvgIpc) is 3.45. The number of benzene rings is 1. The van der Waals surface area contributed by atoms with Gasteiger partial charge in [-0.2, -0.15) is 0 Å². The third kappa shape index (κ3) is 8.42. The molecule has 4 N–H and O–H groups in total. The average molecular weight is 611 g/mol. The van der Waals surface area contributed by atoms with Crippen molar-refractivity contribution in [3.8, 4) is 0 Å². The van der Waals surface area contributed by atoms with Crippen molar-refractivity contribution in [1.29, 1.82) is 0 Å². The summed E-state index contributed by atoms with van der Waals surface area (Å²) in [7, 11) is 0. The largest absolute Gasteiger partial charge is 0.478 e. The van der Waals surface area contributed by atoms with Crippen molar-refractivity contribution in [1.82, 2.24) is 24.8 Å². The number of aromatic carboxylic acids is 1. The number of carbonyl (C=O) groups is 2. The molecule has 0 radical (unpaired) electrons. The fourth-order valence-electron chi connectivity index (χ4n) is 4.12. The summed E-state index contributed by atoms with van der Waals surface area (Å²) < 4.78 is 0. The molecule has 14 heteroatoms. The van der Waals surface area contributed by atoms with Crippen LogP contribution in [0.3, 0.4) is 0 Å². The number of β-amino-alcohol motifs (C(OH)–C–C–N with tert-alkyl or cyclic N) is 1. The van der Waals surface area contributed by atoms with Gasteiger partial charge in [0.1, 0.15) is 22.3 Å². The number of halogens is 1. The van der Waals surface area contributed by atoms with Gasteiger partial charge in [0.25, 0.3) is 5.91 Å². The van der Waals surface area contributed by atoms with Crippen LogP contribution < -0.4 is 15.5 Å². The first-order valence-corrected chi connectivity index (χ1v) is 14.3. The molecule has 4 heterocycles. The minimum absolute atomic E-state index is 0.173. The quantitative estimate of drug-likeness (QED) is 0.228. The number of pyridine rings is 1. The molecule has 0 atom stereocenters. The highest BCUT2D eigenvalue weighted by Gasteiger charge is 2.19. The van der Waals surface area contributed by atoms with Gasteiger partial charge in [0.15, 0.2) is 5.13 Å². The highest BCUT2D eigenvalue weighted by molar-refractivity contribution is 7.17. The van der Waals surface area contributed by atoms with Crippen LogP contribution in [-0.2, 0) is 0 Å². The highest BCUT2D eigenvalue weighted by Crippen LogP contribution is 2.28. The number of aliphatic hydroxyl groups excluding tert-OH is 1. The molecule has 1 fully saturated rings. The number of aliphatic hydroxyl groups is 1. The first kappa shape index (κ1) is 30.8. The van der Waals surface area contributed by atoms with Crippen molar-refractivity contribution in [2.75, 3.05) is 54.9 Å². The number of carbonyl (C=O) groups excluding carboxylic acids is 1. The zero-order valence-corrected chi connectivity index (χ0v) is 24.7. The lowest BCUT2D eigenvalue weighted by Crippen LogP contribution is -2.47. The van der Waals surface area contributed by atoms with E-state index < -0.39 is 5.97 Å². The smallest absolute Gasteiger partial charge is 0.337 e. The lowest BCUT2D eigenvalue weighted by Gasteiger charge is -2.35. The molecule has 5 rings (SSSR count). The minimum Gasteiger partial charge on any atom is -0.478 e. The van der Waals surface area contributed by atoms with Gasteiger partial charge in [0, 0.05) is 51.2 Å². The Balaban J connectivity index is 0.000000385. The van der Waals surface area contributed by atoms with Gasteiger partial charge in [-0.1, -0.05) is 35.1 Å². The van der Waals surface area contributed by atoms with Gasteiger partial charge in [-0.05, 0) is 37.6 Å². The molecule has 12 nitrogen and oxygen atoms in total. The topological polar surface area (TPSA) is 157 Å². The Bertz CT molecular complexity index is 1490. The standard InChI is InChI=1S/C22H26ClN7O2S.C6H5NO2/c1-14-4-3-5-16(23)20(14)28-21(32)17-13-24-22(33-17)27-18-12-19(26-15(2)25-18)30-8-6-29(7-9-30)10-11-31;8-6(9)5-2-1-3-7-4-5/h3-5,12-13,31H,6-11H2,1-2H3,(H,28,32)(H,24,25,26,27);1-4H,(H,8,9). The fourth-order valence-corrected chi connectivity index (χ4v) is 5.11. The predicted octanol–water partition coefficient (Wildman–Crippen LogP) is 4.09. The van der Waals surface area contributed by atoms with E-state index in [2.05, 4.69) is 40.4 Å². The van der Waals surface area contributed by atoms with Gasteiger partial charge < -0.3 is 25.7 Å². The summed E-state index contributed by atoms with van der Waals surface area (Å²) in [5.74, 6) is 0.910. The molecule has 0 aliphatic carbocycles. The van der Waals surface area contributed by atoms with Crippen LogP contribution in [0.4, 0.5) is 22.5 Å². The van der Waals surface area contributed by atoms with E-state index in [1.807, 2.05) is 32.0 Å². The van der Waals surface area contributed by atoms with Crippen LogP contribution in [0.1, 0.15) is 31.4 Å². The van der Waals surface area contributed by atoms with Crippen LogP contribution in [0.25, 0.3) is 0 Å². The van der Waals surface area contributed by atoms with E-state index in [9.17, 15) is 9.59 Å². The Morgan fingerprint density at radius 2 is 1.86 bits per heavy atom. The number of hydrogen-bond acceptors (Lipinski definition) is 11. The Labute approximate surface area is 252 Å². The summed E-state index contributed by atoms with van der Waals surface area (Å²) in [5, 5.41) is 24.6. The second kappa shape index (κ2) is 14.6. The molecule has 42 heavy (non-hydrogen) atoms. The summed E-state index contributed by atoms with van der Waals surface area (Å²) in [6.45, 7) is 8.03. The third-order valence-electron chi connectivity index (χ3n) is 6.27. The van der Waals surface area contributed by atoms with Crippen LogP contribution in [0.15, 0.2) is 55.0 Å². The minimum atomic E-state index is -0.942. The van der Waals surface area contributed by atoms with Gasteiger partial charge in [-0.15, -0.1) is 0 Å². The molecule has 1 aliphatic heterocycles. The van der Waals surface area contributed by atoms with Crippen LogP contribution in [-0.4, -0.2) is 86.3 Å². The normalized spacial score (nSPS) is 13.2. The maximum atomic E-state index is 12.7. The monoisotopic (exact) mass is 610 g/mol. The fraction of sp³-hybridized carbons (Fsp3) is 0.286. The van der Waals surface area contributed by atoms with E-state index in [-0.39, 0.29) is 18.1 Å². The SMILES string of the molecule is Cc1nc(Nc2ncc(C(=O)Nc3c(C)cccc3Cl)s2)cc(N2CCN(CCO)CC2)n1.O=C(O)c1cccnc1. The van der Waals surface area contributed by atoms with Crippen molar-refractivity contribution in [2.24, 2.45) is 0 Å². The highest BCUT2D eigenvalue weighted by atomic mass is 35.5. The lowest BCUT2D eigenvalue weighted by atomic mass is 10.2. The molecule has 220 valence electrons. The van der Waals surface area contributed by atoms with E-state index in [1.165, 1.54) is 36.0 Å². The molecular formula is C28H31ClN8O4S. The van der Waals surface area contributed by atoms with Gasteiger partial charge in [-0.25, -0.2) is 19.7 Å². The number of carboxylic acid groups (broad SMARTS) is 1. The summed E-state index contributed by atoms with van der Waals surface area (Å²) in [4.78, 5) is 44.8. The number of amides is 1. The summed E-state index contributed by atoms with van der Waals surface area (Å²) in [6.07, 6.45) is 4.37. The number of rotatable bonds is 8. The maximum absolute atomic E-state index is 12.7. The first-order valence-electron chi connectivity index (χ1n) is 13.1. The third-order valence-corrected chi connectivity index (χ3v) is 7.50. The molecule has 0 saturated carbocycles. The number of aryl methyl sites for hydroxylation is 2. The van der Waals surface area contributed by atoms with Crippen molar-refractivity contribution in [3.63, 3.8) is 0 Å².